The minimum atomic E-state index is -1.46. The summed E-state index contributed by atoms with van der Waals surface area (Å²) in [6, 6.07) is 0. The van der Waals surface area contributed by atoms with Gasteiger partial charge in [0.25, 0.3) is 0 Å². The lowest BCUT2D eigenvalue weighted by atomic mass is 9.73. The maximum atomic E-state index is 14.2. The van der Waals surface area contributed by atoms with Gasteiger partial charge in [-0.05, 0) is 49.3 Å². The van der Waals surface area contributed by atoms with Crippen LogP contribution in [0.25, 0.3) is 0 Å². The third-order valence-electron chi connectivity index (χ3n) is 6.04. The molecule has 7 atom stereocenters. The molecule has 7 unspecified atom stereocenters. The first-order chi connectivity index (χ1) is 13.3. The van der Waals surface area contributed by atoms with Crippen molar-refractivity contribution >= 4 is 6.29 Å². The van der Waals surface area contributed by atoms with Crippen molar-refractivity contribution < 1.29 is 28.5 Å². The van der Waals surface area contributed by atoms with Crippen molar-refractivity contribution in [2.45, 2.75) is 63.6 Å². The van der Waals surface area contributed by atoms with Crippen molar-refractivity contribution in [2.75, 3.05) is 0 Å². The van der Waals surface area contributed by atoms with E-state index in [0.717, 1.165) is 18.3 Å². The van der Waals surface area contributed by atoms with Crippen LogP contribution in [0, 0.1) is 17.8 Å². The Morgan fingerprint density at radius 3 is 2.79 bits per heavy atom. The van der Waals surface area contributed by atoms with E-state index in [-0.39, 0.29) is 36.4 Å². The second-order valence-corrected chi connectivity index (χ2v) is 8.15. The Hall–Kier alpha value is -1.95. The number of halogens is 2. The molecule has 0 saturated carbocycles. The van der Waals surface area contributed by atoms with Gasteiger partial charge in [0.15, 0.2) is 6.17 Å². The van der Waals surface area contributed by atoms with Crippen molar-refractivity contribution in [3.8, 4) is 0 Å². The molecule has 28 heavy (non-hydrogen) atoms. The number of fused-ring (bicyclic) bond motifs is 2. The number of ether oxygens (including phenoxy) is 1. The fourth-order valence-corrected chi connectivity index (χ4v) is 4.34. The largest absolute Gasteiger partial charge is 0.509 e. The Kier molecular flexibility index (Phi) is 6.38. The highest BCUT2D eigenvalue weighted by atomic mass is 19.1. The summed E-state index contributed by atoms with van der Waals surface area (Å²) in [7, 11) is 0. The van der Waals surface area contributed by atoms with Gasteiger partial charge in [0.2, 0.25) is 0 Å². The average molecular weight is 394 g/mol. The fraction of sp³-hybridized carbons (Fsp3) is 0.591. The lowest BCUT2D eigenvalue weighted by molar-refractivity contribution is -0.110. The number of rotatable bonds is 7. The summed E-state index contributed by atoms with van der Waals surface area (Å²) in [5.41, 5.74) is 1.65. The first-order valence-electron chi connectivity index (χ1n) is 9.89. The van der Waals surface area contributed by atoms with E-state index in [2.05, 4.69) is 13.5 Å². The van der Waals surface area contributed by atoms with Crippen molar-refractivity contribution in [2.24, 2.45) is 17.8 Å². The lowest BCUT2D eigenvalue weighted by Crippen LogP contribution is -2.39. The monoisotopic (exact) mass is 394 g/mol. The standard InChI is InChI=1S/C22H28F2O4/c1-3-13(11-25)5-4-12(2)6-14-15-7-17(23)19(26)9-21(15)28-22-10-20(27)18(24)8-16(14)22/h3,9-13,15,17-18,20-21,26-27H,1,4-8H2,2H3. The lowest BCUT2D eigenvalue weighted by Gasteiger charge is -2.42. The van der Waals surface area contributed by atoms with Crippen LogP contribution >= 0.6 is 0 Å². The van der Waals surface area contributed by atoms with E-state index in [1.165, 1.54) is 12.2 Å². The van der Waals surface area contributed by atoms with E-state index in [9.17, 15) is 23.8 Å². The van der Waals surface area contributed by atoms with Gasteiger partial charge in [-0.2, -0.15) is 0 Å². The highest BCUT2D eigenvalue weighted by molar-refractivity contribution is 5.56. The summed E-state index contributed by atoms with van der Waals surface area (Å²) in [6.45, 7) is 5.72. The molecule has 3 aliphatic rings. The zero-order valence-electron chi connectivity index (χ0n) is 16.1. The molecule has 2 aliphatic carbocycles. The molecule has 0 saturated heterocycles. The number of allylic oxidation sites excluding steroid dienone is 3. The number of hydrogen-bond donors (Lipinski definition) is 2. The Labute approximate surface area is 164 Å². The number of hydrogen-bond acceptors (Lipinski definition) is 4. The summed E-state index contributed by atoms with van der Waals surface area (Å²) >= 11 is 0. The molecule has 0 aromatic carbocycles. The molecule has 0 aromatic heterocycles. The van der Waals surface area contributed by atoms with Crippen LogP contribution in [0.15, 0.2) is 47.5 Å². The second-order valence-electron chi connectivity index (χ2n) is 8.15. The molecule has 0 radical (unpaired) electrons. The molecule has 6 heteroatoms. The van der Waals surface area contributed by atoms with Gasteiger partial charge in [0.05, 0.1) is 0 Å². The SMILES string of the molecule is C=CC(C=O)CCC(C)CC1=C2CC(F)C(O)C=C2OC2C=C(O)C(F)CC12. The van der Waals surface area contributed by atoms with Crippen LogP contribution in [-0.4, -0.2) is 41.1 Å². The van der Waals surface area contributed by atoms with E-state index < -0.39 is 24.6 Å². The number of aliphatic hydroxyl groups excluding tert-OH is 2. The predicted octanol–water partition coefficient (Wildman–Crippen LogP) is 4.28. The summed E-state index contributed by atoms with van der Waals surface area (Å²) < 4.78 is 34.3. The average Bonchev–Trinajstić information content (AvgIpc) is 2.66. The highest BCUT2D eigenvalue weighted by Crippen LogP contribution is 2.46. The smallest absolute Gasteiger partial charge is 0.157 e. The van der Waals surface area contributed by atoms with Crippen molar-refractivity contribution in [3.63, 3.8) is 0 Å². The molecule has 3 rings (SSSR count). The van der Waals surface area contributed by atoms with E-state index in [0.29, 0.717) is 24.2 Å². The van der Waals surface area contributed by atoms with Gasteiger partial charge in [-0.1, -0.05) is 18.6 Å². The van der Waals surface area contributed by atoms with Gasteiger partial charge in [-0.15, -0.1) is 6.58 Å². The van der Waals surface area contributed by atoms with E-state index >= 15 is 0 Å². The third-order valence-corrected chi connectivity index (χ3v) is 6.04. The van der Waals surface area contributed by atoms with Crippen LogP contribution in [0.4, 0.5) is 8.78 Å². The van der Waals surface area contributed by atoms with Gasteiger partial charge < -0.3 is 19.7 Å². The predicted molar refractivity (Wildman–Crippen MR) is 102 cm³/mol. The Balaban J connectivity index is 1.87. The fourth-order valence-electron chi connectivity index (χ4n) is 4.34. The molecule has 0 aromatic rings. The maximum absolute atomic E-state index is 14.2. The zero-order chi connectivity index (χ0) is 20.4. The molecular formula is C22H28F2O4. The molecule has 0 amide bonds. The van der Waals surface area contributed by atoms with Crippen LogP contribution in [0.5, 0.6) is 0 Å². The van der Waals surface area contributed by atoms with Crippen molar-refractivity contribution in [1.82, 2.24) is 0 Å². The summed E-state index contributed by atoms with van der Waals surface area (Å²) in [5, 5.41) is 19.6. The number of carbonyl (C=O) groups is 1. The Morgan fingerprint density at radius 1 is 1.36 bits per heavy atom. The van der Waals surface area contributed by atoms with E-state index in [1.54, 1.807) is 6.08 Å². The third kappa shape index (κ3) is 4.22. The maximum Gasteiger partial charge on any atom is 0.157 e. The van der Waals surface area contributed by atoms with Crippen LogP contribution in [-0.2, 0) is 9.53 Å². The van der Waals surface area contributed by atoms with E-state index in [4.69, 9.17) is 4.74 Å². The Bertz CT molecular complexity index is 703. The molecular weight excluding hydrogens is 366 g/mol. The first-order valence-corrected chi connectivity index (χ1v) is 9.89. The molecule has 1 heterocycles. The molecule has 0 spiro atoms. The molecule has 0 fully saturated rings. The van der Waals surface area contributed by atoms with Crippen LogP contribution in [0.3, 0.4) is 0 Å². The van der Waals surface area contributed by atoms with Gasteiger partial charge in [-0.3, -0.25) is 0 Å². The summed E-state index contributed by atoms with van der Waals surface area (Å²) in [4.78, 5) is 11.0. The van der Waals surface area contributed by atoms with Gasteiger partial charge in [0, 0.05) is 18.3 Å². The number of carbonyl (C=O) groups excluding carboxylic acids is 1. The van der Waals surface area contributed by atoms with E-state index in [1.807, 2.05) is 0 Å². The minimum Gasteiger partial charge on any atom is -0.509 e. The summed E-state index contributed by atoms with van der Waals surface area (Å²) in [5.74, 6) is -0.167. The second kappa shape index (κ2) is 8.60. The van der Waals surface area contributed by atoms with Crippen LogP contribution < -0.4 is 0 Å². The number of aliphatic hydroxyl groups is 2. The molecule has 4 nitrogen and oxygen atoms in total. The van der Waals surface area contributed by atoms with Crippen LogP contribution in [0.1, 0.15) is 39.0 Å². The minimum absolute atomic E-state index is 0.0363. The normalized spacial score (nSPS) is 34.2. The van der Waals surface area contributed by atoms with Crippen LogP contribution in [0.2, 0.25) is 0 Å². The highest BCUT2D eigenvalue weighted by Gasteiger charge is 2.43. The van der Waals surface area contributed by atoms with Gasteiger partial charge in [-0.25, -0.2) is 8.78 Å². The summed E-state index contributed by atoms with van der Waals surface area (Å²) in [6.07, 6.45) is 2.85. The molecule has 2 N–H and O–H groups in total. The molecule has 1 aliphatic heterocycles. The first kappa shape index (κ1) is 20.8. The van der Waals surface area contributed by atoms with Gasteiger partial charge >= 0.3 is 0 Å². The number of aldehydes is 1. The van der Waals surface area contributed by atoms with Crippen molar-refractivity contribution in [3.05, 3.63) is 47.5 Å². The topological polar surface area (TPSA) is 66.8 Å². The van der Waals surface area contributed by atoms with Crippen molar-refractivity contribution in [1.29, 1.82) is 0 Å². The Morgan fingerprint density at radius 2 is 2.11 bits per heavy atom. The quantitative estimate of drug-likeness (QED) is 0.500. The zero-order valence-corrected chi connectivity index (χ0v) is 16.1. The molecule has 0 bridgehead atoms. The van der Waals surface area contributed by atoms with Gasteiger partial charge in [0.1, 0.15) is 36.2 Å². The number of alkyl halides is 2. The molecule has 154 valence electrons.